The molecule has 4 atom stereocenters. The van der Waals surface area contributed by atoms with Crippen LogP contribution in [0.25, 0.3) is 0 Å². The monoisotopic (exact) mass is 334 g/mol. The van der Waals surface area contributed by atoms with Gasteiger partial charge in [-0.2, -0.15) is 0 Å². The van der Waals surface area contributed by atoms with Crippen molar-refractivity contribution in [3.05, 3.63) is 12.2 Å². The highest BCUT2D eigenvalue weighted by Crippen LogP contribution is 2.39. The van der Waals surface area contributed by atoms with Gasteiger partial charge in [-0.25, -0.2) is 4.79 Å². The highest BCUT2D eigenvalue weighted by Gasteiger charge is 2.44. The van der Waals surface area contributed by atoms with Crippen LogP contribution in [-0.2, 0) is 9.53 Å². The number of nitrogens with zero attached hydrogens (tertiary/aromatic N) is 1. The first kappa shape index (κ1) is 17.3. The predicted octanol–water partition coefficient (Wildman–Crippen LogP) is 3.10. The first-order valence-electron chi connectivity index (χ1n) is 9.26. The molecule has 0 spiro atoms. The number of ether oxygens (including phenoxy) is 1. The number of hydrogen-bond donors (Lipinski definition) is 1. The number of fused-ring (bicyclic) bond motifs is 1. The van der Waals surface area contributed by atoms with E-state index in [2.05, 4.69) is 17.5 Å². The summed E-state index contributed by atoms with van der Waals surface area (Å²) in [6.45, 7) is 7.25. The normalized spacial score (nSPS) is 32.0. The molecule has 1 aliphatic heterocycles. The van der Waals surface area contributed by atoms with Crippen molar-refractivity contribution in [1.29, 1.82) is 0 Å². The molecule has 0 aromatic rings. The van der Waals surface area contributed by atoms with Gasteiger partial charge in [0.2, 0.25) is 5.91 Å². The van der Waals surface area contributed by atoms with Crippen molar-refractivity contribution in [2.75, 3.05) is 13.1 Å². The summed E-state index contributed by atoms with van der Waals surface area (Å²) in [5.74, 6) is 1.60. The molecule has 134 valence electrons. The summed E-state index contributed by atoms with van der Waals surface area (Å²) in [7, 11) is 0. The van der Waals surface area contributed by atoms with E-state index in [1.807, 2.05) is 25.7 Å². The molecular weight excluding hydrogens is 304 g/mol. The number of rotatable bonds is 3. The molecule has 2 fully saturated rings. The summed E-state index contributed by atoms with van der Waals surface area (Å²) in [4.78, 5) is 26.6. The Bertz CT molecular complexity index is 523. The molecule has 3 rings (SSSR count). The van der Waals surface area contributed by atoms with Crippen molar-refractivity contribution in [3.8, 4) is 0 Å². The Morgan fingerprint density at radius 2 is 2.00 bits per heavy atom. The van der Waals surface area contributed by atoms with Crippen LogP contribution in [0.2, 0.25) is 0 Å². The Morgan fingerprint density at radius 3 is 2.67 bits per heavy atom. The van der Waals surface area contributed by atoms with Crippen LogP contribution in [0, 0.1) is 17.8 Å². The van der Waals surface area contributed by atoms with Crippen LogP contribution in [0.4, 0.5) is 4.79 Å². The molecule has 0 aromatic carbocycles. The maximum atomic E-state index is 12.5. The number of allylic oxidation sites excluding steroid dienone is 2. The second-order valence-corrected chi connectivity index (χ2v) is 8.52. The minimum atomic E-state index is -0.478. The van der Waals surface area contributed by atoms with Crippen molar-refractivity contribution >= 4 is 12.0 Å². The summed E-state index contributed by atoms with van der Waals surface area (Å²) in [5.41, 5.74) is -0.478. The summed E-state index contributed by atoms with van der Waals surface area (Å²) in [6.07, 6.45) is 8.94. The van der Waals surface area contributed by atoms with Gasteiger partial charge >= 0.3 is 6.09 Å². The number of nitrogens with one attached hydrogen (secondary N) is 1. The van der Waals surface area contributed by atoms with Gasteiger partial charge in [-0.05, 0) is 58.3 Å². The van der Waals surface area contributed by atoms with Crippen LogP contribution in [0.1, 0.15) is 52.9 Å². The topological polar surface area (TPSA) is 58.6 Å². The molecule has 1 heterocycles. The van der Waals surface area contributed by atoms with E-state index in [9.17, 15) is 9.59 Å². The van der Waals surface area contributed by atoms with Gasteiger partial charge in [0, 0.05) is 31.5 Å². The third kappa shape index (κ3) is 4.11. The van der Waals surface area contributed by atoms with Crippen LogP contribution in [0.3, 0.4) is 0 Å². The molecule has 1 saturated carbocycles. The molecule has 1 N–H and O–H groups in total. The lowest BCUT2D eigenvalue weighted by Gasteiger charge is -2.25. The number of carbonyl (C=O) groups excluding carboxylic acids is 2. The Morgan fingerprint density at radius 1 is 1.21 bits per heavy atom. The zero-order valence-corrected chi connectivity index (χ0v) is 15.1. The van der Waals surface area contributed by atoms with Gasteiger partial charge in [-0.15, -0.1) is 0 Å². The van der Waals surface area contributed by atoms with Crippen molar-refractivity contribution in [1.82, 2.24) is 10.2 Å². The Kier molecular flexibility index (Phi) is 4.88. The number of hydrogen-bond acceptors (Lipinski definition) is 3. The van der Waals surface area contributed by atoms with Crippen LogP contribution in [-0.4, -0.2) is 41.6 Å². The molecule has 2 amide bonds. The Balaban J connectivity index is 1.51. The maximum Gasteiger partial charge on any atom is 0.407 e. The quantitative estimate of drug-likeness (QED) is 0.807. The number of carbonyl (C=O) groups is 2. The van der Waals surface area contributed by atoms with E-state index in [4.69, 9.17) is 4.74 Å². The van der Waals surface area contributed by atoms with Crippen molar-refractivity contribution < 1.29 is 14.3 Å². The first-order chi connectivity index (χ1) is 11.3. The third-order valence-electron chi connectivity index (χ3n) is 5.46. The molecule has 0 aromatic heterocycles. The highest BCUT2D eigenvalue weighted by atomic mass is 16.6. The van der Waals surface area contributed by atoms with E-state index >= 15 is 0 Å². The van der Waals surface area contributed by atoms with E-state index in [0.29, 0.717) is 24.2 Å². The fraction of sp³-hybridized carbons (Fsp3) is 0.789. The lowest BCUT2D eigenvalue weighted by atomic mass is 9.98. The zero-order chi connectivity index (χ0) is 17.3. The minimum absolute atomic E-state index is 0.133. The van der Waals surface area contributed by atoms with Gasteiger partial charge in [0.1, 0.15) is 5.60 Å². The van der Waals surface area contributed by atoms with Crippen LogP contribution >= 0.6 is 0 Å². The van der Waals surface area contributed by atoms with E-state index in [-0.39, 0.29) is 18.0 Å². The van der Waals surface area contributed by atoms with Gasteiger partial charge in [0.05, 0.1) is 0 Å². The molecule has 1 saturated heterocycles. The van der Waals surface area contributed by atoms with Gasteiger partial charge < -0.3 is 15.0 Å². The predicted molar refractivity (Wildman–Crippen MR) is 92.4 cm³/mol. The lowest BCUT2D eigenvalue weighted by molar-refractivity contribution is -0.131. The number of alkyl carbamates (subject to hydrolysis) is 1. The van der Waals surface area contributed by atoms with Gasteiger partial charge in [-0.1, -0.05) is 12.2 Å². The SMILES string of the molecule is CC(C)(C)OC(=O)N[C@@H]1CC[C@@H]2CN(C(=O)C[C@@H]3C=CCC3)C[C@@H]21. The third-order valence-corrected chi connectivity index (χ3v) is 5.46. The van der Waals surface area contributed by atoms with E-state index < -0.39 is 5.60 Å². The lowest BCUT2D eigenvalue weighted by Crippen LogP contribution is -2.42. The molecule has 24 heavy (non-hydrogen) atoms. The molecule has 0 bridgehead atoms. The summed E-state index contributed by atoms with van der Waals surface area (Å²) in [5, 5.41) is 3.03. The van der Waals surface area contributed by atoms with Crippen LogP contribution in [0.15, 0.2) is 12.2 Å². The maximum absolute atomic E-state index is 12.5. The molecule has 2 aliphatic carbocycles. The highest BCUT2D eigenvalue weighted by molar-refractivity contribution is 5.77. The molecule has 3 aliphatic rings. The van der Waals surface area contributed by atoms with E-state index in [1.54, 1.807) is 0 Å². The largest absolute Gasteiger partial charge is 0.444 e. The van der Waals surface area contributed by atoms with E-state index in [1.165, 1.54) is 0 Å². The van der Waals surface area contributed by atoms with Crippen molar-refractivity contribution in [3.63, 3.8) is 0 Å². The van der Waals surface area contributed by atoms with Crippen LogP contribution in [0.5, 0.6) is 0 Å². The first-order valence-corrected chi connectivity index (χ1v) is 9.26. The van der Waals surface area contributed by atoms with Gasteiger partial charge in [0.25, 0.3) is 0 Å². The average molecular weight is 334 g/mol. The Hall–Kier alpha value is -1.52. The van der Waals surface area contributed by atoms with Gasteiger partial charge in [-0.3, -0.25) is 4.79 Å². The fourth-order valence-corrected chi connectivity index (χ4v) is 4.33. The smallest absolute Gasteiger partial charge is 0.407 e. The average Bonchev–Trinajstić information content (AvgIpc) is 3.14. The second kappa shape index (κ2) is 6.77. The minimum Gasteiger partial charge on any atom is -0.444 e. The summed E-state index contributed by atoms with van der Waals surface area (Å²) < 4.78 is 5.37. The summed E-state index contributed by atoms with van der Waals surface area (Å²) >= 11 is 0. The standard InChI is InChI=1S/C19H30N2O3/c1-19(2,3)24-18(23)20-16-9-8-14-11-21(12-15(14)16)17(22)10-13-6-4-5-7-13/h4,6,13-16H,5,7-12H2,1-3H3,(H,20,23)/t13-,14-,15+,16-/m1/s1. The molecule has 5 heteroatoms. The molecular formula is C19H30N2O3. The summed E-state index contributed by atoms with van der Waals surface area (Å²) in [6, 6.07) is 0.133. The molecule has 5 nitrogen and oxygen atoms in total. The van der Waals surface area contributed by atoms with Gasteiger partial charge in [0.15, 0.2) is 0 Å². The Labute approximate surface area is 144 Å². The van der Waals surface area contributed by atoms with Crippen molar-refractivity contribution in [2.24, 2.45) is 17.8 Å². The van der Waals surface area contributed by atoms with Crippen LogP contribution < -0.4 is 5.32 Å². The zero-order valence-electron chi connectivity index (χ0n) is 15.1. The molecule has 0 radical (unpaired) electrons. The fourth-order valence-electron chi connectivity index (χ4n) is 4.33. The molecule has 0 unspecified atom stereocenters. The number of amides is 2. The van der Waals surface area contributed by atoms with Crippen molar-refractivity contribution in [2.45, 2.75) is 64.5 Å². The number of likely N-dealkylation sites (tertiary alicyclic amines) is 1. The second-order valence-electron chi connectivity index (χ2n) is 8.52. The van der Waals surface area contributed by atoms with E-state index in [0.717, 1.165) is 38.8 Å².